The van der Waals surface area contributed by atoms with Gasteiger partial charge in [-0.15, -0.1) is 0 Å². The van der Waals surface area contributed by atoms with Gasteiger partial charge in [-0.2, -0.15) is 0 Å². The van der Waals surface area contributed by atoms with Gasteiger partial charge in [0.25, 0.3) is 11.8 Å². The molecule has 28 heteroatoms. The van der Waals surface area contributed by atoms with Crippen LogP contribution in [0.2, 0.25) is 0 Å². The Hall–Kier alpha value is -8.72. The van der Waals surface area contributed by atoms with E-state index in [1.54, 1.807) is 62.3 Å². The van der Waals surface area contributed by atoms with Crippen LogP contribution in [0.15, 0.2) is 21.3 Å². The first-order chi connectivity index (χ1) is 41.0. The average Bonchev–Trinajstić information content (AvgIpc) is 2.60. The third-order valence-corrected chi connectivity index (χ3v) is 16.6. The zero-order valence-electron chi connectivity index (χ0n) is 53.6. The second kappa shape index (κ2) is 28.9. The molecule has 6 N–H and O–H groups in total. The Labute approximate surface area is 511 Å². The Morgan fingerprint density at radius 1 is 0.614 bits per heavy atom. The number of nitrogens with zero attached hydrogens (tertiary/aromatic N) is 7. The van der Waals surface area contributed by atoms with Crippen LogP contribution in [0.5, 0.6) is 0 Å². The van der Waals surface area contributed by atoms with Crippen molar-refractivity contribution >= 4 is 87.8 Å². The molecule has 0 saturated carbocycles. The molecule has 10 unspecified atom stereocenters. The summed E-state index contributed by atoms with van der Waals surface area (Å²) in [5.41, 5.74) is 3.46. The molecular weight excluding hydrogens is 1140 g/mol. The molecule has 10 amide bonds. The van der Waals surface area contributed by atoms with Gasteiger partial charge in [0, 0.05) is 47.8 Å². The van der Waals surface area contributed by atoms with Gasteiger partial charge in [0.15, 0.2) is 11.3 Å². The fourth-order valence-electron chi connectivity index (χ4n) is 10.5. The lowest BCUT2D eigenvalue weighted by Gasteiger charge is -2.35. The van der Waals surface area contributed by atoms with Crippen molar-refractivity contribution < 1.29 is 71.4 Å². The van der Waals surface area contributed by atoms with Crippen molar-refractivity contribution in [1.29, 1.82) is 0 Å². The summed E-state index contributed by atoms with van der Waals surface area (Å²) in [6, 6.07) is -6.04. The number of anilines is 1. The molecule has 3 aliphatic heterocycles. The van der Waals surface area contributed by atoms with E-state index in [9.17, 15) is 52.7 Å². The van der Waals surface area contributed by atoms with E-state index < -0.39 is 192 Å². The Kier molecular flexibility index (Phi) is 23.0. The number of carbonyl (C=O) groups excluding carboxylic acids is 12. The van der Waals surface area contributed by atoms with Crippen molar-refractivity contribution in [3.05, 3.63) is 44.6 Å². The molecular formula is C60H86N12O16. The monoisotopic (exact) mass is 1230 g/mol. The predicted octanol–water partition coefficient (Wildman–Crippen LogP) is 0.441. The number of aryl methyl sites for hydroxylation is 1. The van der Waals surface area contributed by atoms with Crippen LogP contribution in [0.1, 0.15) is 114 Å². The number of likely N-dealkylation sites (N-methyl/N-ethyl adjacent to an activating group) is 6. The minimum Gasteiger partial charge on any atom is -0.458 e. The molecule has 0 radical (unpaired) electrons. The fraction of sp³-hybridized carbons (Fsp3) is 0.600. The van der Waals surface area contributed by atoms with Gasteiger partial charge in [-0.05, 0) is 63.0 Å². The van der Waals surface area contributed by atoms with E-state index in [4.69, 9.17) is 24.6 Å². The SMILES string of the molecule is CCC(C)C1NC(=O)C(NC(=O)c2c3nc4c(C(=O)NC5C(=O)NC(C(C)CC)C(=O)N(C)CC(=O)N(C)CC(=O)N(C)C(C(C)C)C(=O)OC5C)ccc(C)c4oc-3c(C)c(=O)c2N)C(C)OC(=O)C(C(C)C)N(C)C(=O)CN(C)C(=O)CN(C)C1=O. The standard InChI is InChI=1S/C60H86N12O16/c1-19-29(7)42-57(82)69(15)23-36(73)67(13)25-38(75)71(17)48(27(3)4)59(84)86-33(11)44(55(80)63-42)65-53(78)35-22-21-31(9)51-46(35)62-47-40(41(61)50(77)32(10)52(47)88-51)54(79)66-45-34(12)87-60(85)49(28(5)6)72(18)39(76)26-68(14)37(74)24-70(16)58(83)43(30(8)20-2)64-56(45)81/h21-22,27-30,33-34,42-45,48-49H,19-20,23-26,61H2,1-18H3,(H,63,80)(H,64,81)(H,65,78)(H,66,79). The molecule has 1 aromatic rings. The Morgan fingerprint density at radius 3 is 1.41 bits per heavy atom. The number of cyclic esters (lactones) is 2. The van der Waals surface area contributed by atoms with Gasteiger partial charge in [-0.3, -0.25) is 52.7 Å². The van der Waals surface area contributed by atoms with Crippen molar-refractivity contribution in [2.45, 2.75) is 144 Å². The minimum atomic E-state index is -1.89. The van der Waals surface area contributed by atoms with E-state index in [0.717, 1.165) is 29.4 Å². The van der Waals surface area contributed by atoms with Gasteiger partial charge in [-0.25, -0.2) is 14.6 Å². The lowest BCUT2D eigenvalue weighted by Crippen LogP contribution is -2.60. The minimum absolute atomic E-state index is 0.0847. The smallest absolute Gasteiger partial charge is 0.329 e. The van der Waals surface area contributed by atoms with E-state index in [1.807, 2.05) is 0 Å². The summed E-state index contributed by atoms with van der Waals surface area (Å²) in [5.74, 6) is -12.8. The number of hydrogen-bond donors (Lipinski definition) is 5. The van der Waals surface area contributed by atoms with E-state index >= 15 is 9.59 Å². The number of aromatic nitrogens is 1. The highest BCUT2D eigenvalue weighted by Crippen LogP contribution is 2.35. The van der Waals surface area contributed by atoms with Gasteiger partial charge >= 0.3 is 11.9 Å². The number of hydrogen-bond acceptors (Lipinski definition) is 18. The van der Waals surface area contributed by atoms with Gasteiger partial charge in [0.1, 0.15) is 59.7 Å². The van der Waals surface area contributed by atoms with E-state index in [2.05, 4.69) is 21.3 Å². The van der Waals surface area contributed by atoms with Gasteiger partial charge in [0.2, 0.25) is 52.7 Å². The van der Waals surface area contributed by atoms with Crippen LogP contribution in [0.25, 0.3) is 22.6 Å². The number of nitrogen functional groups attached to an aromatic ring is 1. The normalized spacial score (nSPS) is 24.2. The molecule has 4 aliphatic rings. The first kappa shape index (κ1) is 70.0. The third kappa shape index (κ3) is 15.2. The molecule has 0 bridgehead atoms. The zero-order chi connectivity index (χ0) is 66.4. The van der Waals surface area contributed by atoms with Crippen LogP contribution >= 0.6 is 0 Å². The van der Waals surface area contributed by atoms with E-state index in [1.165, 1.54) is 75.2 Å². The number of nitrogens with two attached hydrogens (primary N) is 1. The molecule has 0 spiro atoms. The van der Waals surface area contributed by atoms with Crippen LogP contribution in [-0.4, -0.2) is 222 Å². The molecule has 1 aliphatic carbocycles. The van der Waals surface area contributed by atoms with Crippen LogP contribution in [0, 0.1) is 37.5 Å². The first-order valence-corrected chi connectivity index (χ1v) is 29.3. The van der Waals surface area contributed by atoms with Crippen LogP contribution in [0.4, 0.5) is 5.69 Å². The van der Waals surface area contributed by atoms with Crippen LogP contribution in [-0.2, 0) is 57.4 Å². The number of benzene rings is 2. The molecule has 482 valence electrons. The quantitative estimate of drug-likeness (QED) is 0.104. The maximum Gasteiger partial charge on any atom is 0.329 e. The molecule has 5 rings (SSSR count). The fourth-order valence-corrected chi connectivity index (χ4v) is 10.5. The summed E-state index contributed by atoms with van der Waals surface area (Å²) in [5, 5.41) is 10.6. The number of fused-ring (bicyclic) bond motifs is 2. The molecule has 1 aromatic carbocycles. The Balaban J connectivity index is 1.68. The van der Waals surface area contributed by atoms with Gasteiger partial charge in [-0.1, -0.05) is 74.3 Å². The predicted molar refractivity (Wildman–Crippen MR) is 321 cm³/mol. The Bertz CT molecular complexity index is 3270. The van der Waals surface area contributed by atoms with Gasteiger partial charge in [0.05, 0.1) is 43.0 Å². The summed E-state index contributed by atoms with van der Waals surface area (Å²) in [4.78, 5) is 196. The maximum atomic E-state index is 15.1. The molecule has 3 heterocycles. The summed E-state index contributed by atoms with van der Waals surface area (Å²) < 4.78 is 18.2. The number of ether oxygens (including phenoxy) is 2. The third-order valence-electron chi connectivity index (χ3n) is 16.6. The topological polar surface area (TPSA) is 360 Å². The van der Waals surface area contributed by atoms with Gasteiger partial charge < -0.3 is 70.3 Å². The van der Waals surface area contributed by atoms with Crippen molar-refractivity contribution in [3.8, 4) is 11.5 Å². The molecule has 2 fully saturated rings. The molecule has 2 saturated heterocycles. The number of amides is 10. The molecule has 0 aromatic heterocycles. The summed E-state index contributed by atoms with van der Waals surface area (Å²) in [6.45, 7) is 17.1. The first-order valence-electron chi connectivity index (χ1n) is 29.3. The summed E-state index contributed by atoms with van der Waals surface area (Å²) in [7, 11) is 8.14. The number of carbonyl (C=O) groups is 12. The highest BCUT2D eigenvalue weighted by molar-refractivity contribution is 6.10. The van der Waals surface area contributed by atoms with Crippen molar-refractivity contribution in [1.82, 2.24) is 55.7 Å². The number of esters is 2. The highest BCUT2D eigenvalue weighted by Gasteiger charge is 2.43. The summed E-state index contributed by atoms with van der Waals surface area (Å²) in [6.07, 6.45) is -2.42. The zero-order valence-corrected chi connectivity index (χ0v) is 53.6. The lowest BCUT2D eigenvalue weighted by atomic mass is 9.96. The maximum absolute atomic E-state index is 15.1. The number of rotatable bonds is 10. The lowest BCUT2D eigenvalue weighted by molar-refractivity contribution is -0.163. The van der Waals surface area contributed by atoms with Crippen molar-refractivity contribution in [2.75, 3.05) is 74.2 Å². The van der Waals surface area contributed by atoms with E-state index in [0.29, 0.717) is 18.4 Å². The second-order valence-electron chi connectivity index (χ2n) is 23.9. The molecule has 28 nitrogen and oxygen atoms in total. The molecule has 10 atom stereocenters. The number of nitrogens with one attached hydrogen (secondary N) is 4. The second-order valence-corrected chi connectivity index (χ2v) is 23.9. The highest BCUT2D eigenvalue weighted by atomic mass is 16.6. The summed E-state index contributed by atoms with van der Waals surface area (Å²) >= 11 is 0. The average molecular weight is 1230 g/mol. The van der Waals surface area contributed by atoms with Crippen molar-refractivity contribution in [2.24, 2.45) is 23.7 Å². The van der Waals surface area contributed by atoms with E-state index in [-0.39, 0.29) is 28.0 Å². The Morgan fingerprint density at radius 2 is 1.01 bits per heavy atom. The molecule has 88 heavy (non-hydrogen) atoms. The van der Waals surface area contributed by atoms with Crippen LogP contribution in [0.3, 0.4) is 0 Å². The largest absolute Gasteiger partial charge is 0.458 e. The van der Waals surface area contributed by atoms with Crippen LogP contribution < -0.4 is 32.4 Å². The van der Waals surface area contributed by atoms with Crippen molar-refractivity contribution in [3.63, 3.8) is 0 Å².